The van der Waals surface area contributed by atoms with E-state index in [1.165, 1.54) is 22.3 Å². The normalized spacial score (nSPS) is 13.1. The van der Waals surface area contributed by atoms with Crippen LogP contribution in [-0.4, -0.2) is 11.0 Å². The third-order valence-electron chi connectivity index (χ3n) is 3.06. The van der Waals surface area contributed by atoms with Crippen LogP contribution in [0.25, 0.3) is 0 Å². The van der Waals surface area contributed by atoms with Crippen LogP contribution in [0.2, 0.25) is 0 Å². The Bertz CT molecular complexity index is 375. The molecule has 0 amide bonds. The summed E-state index contributed by atoms with van der Waals surface area (Å²) in [7, 11) is 0. The lowest BCUT2D eigenvalue weighted by atomic mass is 9.97. The molecule has 0 heterocycles. The van der Waals surface area contributed by atoms with Crippen molar-refractivity contribution in [2.75, 3.05) is 5.75 Å². The van der Waals surface area contributed by atoms with Crippen molar-refractivity contribution in [1.29, 1.82) is 0 Å². The number of nitrogens with one attached hydrogen (secondary N) is 1. The minimum atomic E-state index is 0.238. The van der Waals surface area contributed by atoms with Gasteiger partial charge >= 0.3 is 0 Å². The van der Waals surface area contributed by atoms with Gasteiger partial charge in [-0.2, -0.15) is 11.8 Å². The molecule has 0 saturated heterocycles. The summed E-state index contributed by atoms with van der Waals surface area (Å²) in [5.41, 5.74) is 8.26. The number of benzene rings is 1. The third-order valence-corrected chi connectivity index (χ3v) is 4.25. The Morgan fingerprint density at radius 1 is 1.12 bits per heavy atom. The molecule has 1 aromatic carbocycles. The lowest BCUT2D eigenvalue weighted by Gasteiger charge is -2.20. The SMILES string of the molecule is Cc1cc(C)c(C(CSC(C)C)NN)cc1C. The highest BCUT2D eigenvalue weighted by atomic mass is 32.2. The first-order valence-corrected chi connectivity index (χ1v) is 7.16. The monoisotopic (exact) mass is 252 g/mol. The average molecular weight is 252 g/mol. The van der Waals surface area contributed by atoms with E-state index in [1.54, 1.807) is 0 Å². The second-order valence-electron chi connectivity index (χ2n) is 4.89. The Labute approximate surface area is 109 Å². The molecule has 0 aliphatic heterocycles. The highest BCUT2D eigenvalue weighted by molar-refractivity contribution is 7.99. The third kappa shape index (κ3) is 4.02. The van der Waals surface area contributed by atoms with Crippen molar-refractivity contribution in [3.8, 4) is 0 Å². The Kier molecular flexibility index (Phi) is 5.50. The summed E-state index contributed by atoms with van der Waals surface area (Å²) < 4.78 is 0. The van der Waals surface area contributed by atoms with E-state index >= 15 is 0 Å². The van der Waals surface area contributed by atoms with Crippen LogP contribution in [0.3, 0.4) is 0 Å². The maximum Gasteiger partial charge on any atom is 0.0553 e. The van der Waals surface area contributed by atoms with Gasteiger partial charge in [0.15, 0.2) is 0 Å². The van der Waals surface area contributed by atoms with Crippen molar-refractivity contribution in [2.45, 2.75) is 45.9 Å². The number of nitrogens with two attached hydrogens (primary N) is 1. The standard InChI is InChI=1S/C14H24N2S/c1-9(2)17-8-14(16-15)13-7-11(4)10(3)6-12(13)5/h6-7,9,14,16H,8,15H2,1-5H3. The van der Waals surface area contributed by atoms with Crippen LogP contribution in [0.5, 0.6) is 0 Å². The van der Waals surface area contributed by atoms with Gasteiger partial charge in [0.2, 0.25) is 0 Å². The summed E-state index contributed by atoms with van der Waals surface area (Å²) in [6.07, 6.45) is 0. The van der Waals surface area contributed by atoms with Gasteiger partial charge in [0.05, 0.1) is 6.04 Å². The smallest absolute Gasteiger partial charge is 0.0553 e. The molecule has 0 bridgehead atoms. The van der Waals surface area contributed by atoms with Crippen LogP contribution in [0.1, 0.15) is 42.1 Å². The molecule has 17 heavy (non-hydrogen) atoms. The van der Waals surface area contributed by atoms with Crippen molar-refractivity contribution < 1.29 is 0 Å². The number of hydrogen-bond acceptors (Lipinski definition) is 3. The summed E-state index contributed by atoms with van der Waals surface area (Å²) in [5.74, 6) is 6.70. The van der Waals surface area contributed by atoms with Crippen LogP contribution >= 0.6 is 11.8 Å². The highest BCUT2D eigenvalue weighted by Gasteiger charge is 2.14. The molecule has 3 heteroatoms. The number of aryl methyl sites for hydroxylation is 3. The number of thioether (sulfide) groups is 1. The molecule has 0 aliphatic carbocycles. The van der Waals surface area contributed by atoms with E-state index in [0.29, 0.717) is 5.25 Å². The van der Waals surface area contributed by atoms with Crippen LogP contribution < -0.4 is 11.3 Å². The molecule has 0 saturated carbocycles. The van der Waals surface area contributed by atoms with Gasteiger partial charge < -0.3 is 0 Å². The van der Waals surface area contributed by atoms with E-state index in [4.69, 9.17) is 5.84 Å². The fourth-order valence-electron chi connectivity index (χ4n) is 1.87. The minimum Gasteiger partial charge on any atom is -0.271 e. The quantitative estimate of drug-likeness (QED) is 0.624. The largest absolute Gasteiger partial charge is 0.271 e. The average Bonchev–Trinajstić information content (AvgIpc) is 2.25. The van der Waals surface area contributed by atoms with E-state index in [0.717, 1.165) is 5.75 Å². The van der Waals surface area contributed by atoms with Crippen LogP contribution in [0.4, 0.5) is 0 Å². The Morgan fingerprint density at radius 2 is 1.71 bits per heavy atom. The molecule has 1 rings (SSSR count). The van der Waals surface area contributed by atoms with Crippen LogP contribution in [0.15, 0.2) is 12.1 Å². The van der Waals surface area contributed by atoms with Gasteiger partial charge in [-0.05, 0) is 48.3 Å². The first kappa shape index (κ1) is 14.6. The summed E-state index contributed by atoms with van der Waals surface area (Å²) >= 11 is 1.94. The summed E-state index contributed by atoms with van der Waals surface area (Å²) in [6.45, 7) is 10.9. The zero-order valence-electron chi connectivity index (χ0n) is 11.5. The molecule has 0 spiro atoms. The van der Waals surface area contributed by atoms with Crippen molar-refractivity contribution in [3.05, 3.63) is 34.4 Å². The fraction of sp³-hybridized carbons (Fsp3) is 0.571. The van der Waals surface area contributed by atoms with Crippen molar-refractivity contribution in [1.82, 2.24) is 5.43 Å². The van der Waals surface area contributed by atoms with Gasteiger partial charge in [-0.25, -0.2) is 0 Å². The maximum atomic E-state index is 5.68. The second kappa shape index (κ2) is 6.43. The van der Waals surface area contributed by atoms with E-state index in [2.05, 4.69) is 52.2 Å². The van der Waals surface area contributed by atoms with Crippen molar-refractivity contribution >= 4 is 11.8 Å². The summed E-state index contributed by atoms with van der Waals surface area (Å²) in [6, 6.07) is 4.74. The molecule has 0 fully saturated rings. The molecule has 1 aromatic rings. The molecule has 1 unspecified atom stereocenters. The molecule has 0 radical (unpaired) electrons. The Morgan fingerprint density at radius 3 is 2.24 bits per heavy atom. The summed E-state index contributed by atoms with van der Waals surface area (Å²) in [4.78, 5) is 0. The molecule has 1 atom stereocenters. The predicted octanol–water partition coefficient (Wildman–Crippen LogP) is 3.26. The van der Waals surface area contributed by atoms with E-state index < -0.39 is 0 Å². The van der Waals surface area contributed by atoms with Crippen molar-refractivity contribution in [2.24, 2.45) is 5.84 Å². The number of hydrogen-bond donors (Lipinski definition) is 2. The zero-order valence-corrected chi connectivity index (χ0v) is 12.3. The van der Waals surface area contributed by atoms with Gasteiger partial charge in [0.1, 0.15) is 0 Å². The topological polar surface area (TPSA) is 38.0 Å². The maximum absolute atomic E-state index is 5.68. The van der Waals surface area contributed by atoms with Gasteiger partial charge in [-0.1, -0.05) is 26.0 Å². The van der Waals surface area contributed by atoms with E-state index in [-0.39, 0.29) is 6.04 Å². The molecular weight excluding hydrogens is 228 g/mol. The first-order chi connectivity index (χ1) is 7.95. The lowest BCUT2D eigenvalue weighted by molar-refractivity contribution is 0.606. The predicted molar refractivity (Wildman–Crippen MR) is 78.3 cm³/mol. The van der Waals surface area contributed by atoms with Gasteiger partial charge in [-0.15, -0.1) is 0 Å². The minimum absolute atomic E-state index is 0.238. The van der Waals surface area contributed by atoms with Gasteiger partial charge in [0, 0.05) is 5.75 Å². The lowest BCUT2D eigenvalue weighted by Crippen LogP contribution is -2.30. The molecule has 96 valence electrons. The molecule has 0 aliphatic rings. The molecular formula is C14H24N2S. The van der Waals surface area contributed by atoms with Crippen LogP contribution in [0, 0.1) is 20.8 Å². The molecule has 0 aromatic heterocycles. The summed E-state index contributed by atoms with van der Waals surface area (Å²) in [5, 5.41) is 0.637. The molecule has 3 N–H and O–H groups in total. The molecule has 2 nitrogen and oxygen atoms in total. The number of rotatable bonds is 5. The van der Waals surface area contributed by atoms with Crippen molar-refractivity contribution in [3.63, 3.8) is 0 Å². The van der Waals surface area contributed by atoms with Gasteiger partial charge in [-0.3, -0.25) is 11.3 Å². The van der Waals surface area contributed by atoms with Crippen LogP contribution in [-0.2, 0) is 0 Å². The van der Waals surface area contributed by atoms with E-state index in [1.807, 2.05) is 11.8 Å². The Balaban J connectivity index is 2.91. The first-order valence-electron chi connectivity index (χ1n) is 6.11. The Hall–Kier alpha value is -0.510. The van der Waals surface area contributed by atoms with E-state index in [9.17, 15) is 0 Å². The second-order valence-corrected chi connectivity index (χ2v) is 6.50. The highest BCUT2D eigenvalue weighted by Crippen LogP contribution is 2.25. The zero-order chi connectivity index (χ0) is 13.0. The number of hydrazine groups is 1. The van der Waals surface area contributed by atoms with Gasteiger partial charge in [0.25, 0.3) is 0 Å². The fourth-order valence-corrected chi connectivity index (χ4v) is 2.73.